The van der Waals surface area contributed by atoms with E-state index in [0.717, 1.165) is 5.56 Å². The van der Waals surface area contributed by atoms with Gasteiger partial charge in [-0.15, -0.1) is 0 Å². The van der Waals surface area contributed by atoms with Crippen LogP contribution in [0.1, 0.15) is 24.4 Å². The highest BCUT2D eigenvalue weighted by molar-refractivity contribution is 6.32. The molecule has 1 aromatic carbocycles. The number of aromatic nitrogens is 2. The number of para-hydroxylation sites is 1. The van der Waals surface area contributed by atoms with Crippen LogP contribution in [0, 0.1) is 5.92 Å². The van der Waals surface area contributed by atoms with Crippen molar-refractivity contribution >= 4 is 17.5 Å². The van der Waals surface area contributed by atoms with Crippen LogP contribution >= 0.6 is 11.6 Å². The molecule has 1 heterocycles. The van der Waals surface area contributed by atoms with Crippen molar-refractivity contribution in [1.29, 1.82) is 0 Å². The smallest absolute Gasteiger partial charge is 0.258 e. The summed E-state index contributed by atoms with van der Waals surface area (Å²) >= 11 is 6.01. The lowest BCUT2D eigenvalue weighted by atomic mass is 9.75. The van der Waals surface area contributed by atoms with E-state index < -0.39 is 0 Å². The van der Waals surface area contributed by atoms with Crippen molar-refractivity contribution in [2.45, 2.75) is 25.0 Å². The number of rotatable bonds is 6. The summed E-state index contributed by atoms with van der Waals surface area (Å²) in [6.45, 7) is -0.115. The minimum atomic E-state index is -0.287. The van der Waals surface area contributed by atoms with Crippen molar-refractivity contribution in [2.75, 3.05) is 6.61 Å². The molecule has 2 aromatic rings. The Kier molecular flexibility index (Phi) is 5.06. The molecule has 1 aliphatic rings. The molecule has 7 heteroatoms. The van der Waals surface area contributed by atoms with E-state index in [1.165, 1.54) is 0 Å². The molecule has 2 N–H and O–H groups in total. The summed E-state index contributed by atoms with van der Waals surface area (Å²) in [6.07, 6.45) is 4.68. The number of benzene rings is 1. The van der Waals surface area contributed by atoms with Crippen LogP contribution in [0.4, 0.5) is 0 Å². The number of nitrogens with zero attached hydrogens (tertiary/aromatic N) is 2. The molecule has 128 valence electrons. The predicted molar refractivity (Wildman–Crippen MR) is 89.8 cm³/mol. The molecular formula is C17H20ClN3O3. The van der Waals surface area contributed by atoms with Crippen LogP contribution in [0.3, 0.4) is 0 Å². The molecule has 0 saturated heterocycles. The van der Waals surface area contributed by atoms with Gasteiger partial charge in [-0.25, -0.2) is 0 Å². The molecule has 1 saturated carbocycles. The van der Waals surface area contributed by atoms with E-state index in [2.05, 4.69) is 10.4 Å². The fourth-order valence-electron chi connectivity index (χ4n) is 2.90. The Morgan fingerprint density at radius 3 is 2.88 bits per heavy atom. The number of hydrogen-bond acceptors (Lipinski definition) is 4. The Morgan fingerprint density at radius 1 is 1.50 bits per heavy atom. The molecule has 1 atom stereocenters. The van der Waals surface area contributed by atoms with Crippen molar-refractivity contribution in [3.8, 4) is 5.75 Å². The third-order valence-electron chi connectivity index (χ3n) is 4.22. The quantitative estimate of drug-likeness (QED) is 0.837. The predicted octanol–water partition coefficient (Wildman–Crippen LogP) is 2.08. The van der Waals surface area contributed by atoms with E-state index in [-0.39, 0.29) is 30.6 Å². The highest BCUT2D eigenvalue weighted by Gasteiger charge is 2.36. The average molecular weight is 350 g/mol. The van der Waals surface area contributed by atoms with Gasteiger partial charge in [0.05, 0.1) is 23.4 Å². The summed E-state index contributed by atoms with van der Waals surface area (Å²) in [4.78, 5) is 12.3. The van der Waals surface area contributed by atoms with Crippen molar-refractivity contribution in [1.82, 2.24) is 15.1 Å². The van der Waals surface area contributed by atoms with Gasteiger partial charge in [0.2, 0.25) is 0 Å². The molecule has 3 rings (SSSR count). The normalized spacial score (nSPS) is 21.0. The second-order valence-corrected chi connectivity index (χ2v) is 6.50. The Bertz CT molecular complexity index is 713. The van der Waals surface area contributed by atoms with Gasteiger partial charge in [0.1, 0.15) is 5.75 Å². The molecule has 1 fully saturated rings. The number of nitrogens with one attached hydrogen (secondary N) is 1. The first-order valence-corrected chi connectivity index (χ1v) is 8.24. The summed E-state index contributed by atoms with van der Waals surface area (Å²) in [5.41, 5.74) is 0.931. The first-order chi connectivity index (χ1) is 11.5. The van der Waals surface area contributed by atoms with Gasteiger partial charge in [0.25, 0.3) is 5.91 Å². The number of ether oxygens (including phenoxy) is 1. The minimum absolute atomic E-state index is 0.115. The Morgan fingerprint density at radius 2 is 2.25 bits per heavy atom. The van der Waals surface area contributed by atoms with Crippen molar-refractivity contribution in [3.63, 3.8) is 0 Å². The number of carbonyl (C=O) groups is 1. The number of aliphatic hydroxyl groups excluding tert-OH is 1. The molecule has 0 aliphatic heterocycles. The molecule has 0 spiro atoms. The fourth-order valence-corrected chi connectivity index (χ4v) is 3.09. The van der Waals surface area contributed by atoms with Gasteiger partial charge in [0.15, 0.2) is 6.61 Å². The lowest BCUT2D eigenvalue weighted by Gasteiger charge is -2.37. The summed E-state index contributed by atoms with van der Waals surface area (Å²) in [5.74, 6) is 0.449. The van der Waals surface area contributed by atoms with Crippen LogP contribution in [0.2, 0.25) is 5.02 Å². The Labute approximate surface area is 145 Å². The van der Waals surface area contributed by atoms with E-state index in [1.54, 1.807) is 35.1 Å². The summed E-state index contributed by atoms with van der Waals surface area (Å²) in [6, 6.07) is 6.85. The van der Waals surface area contributed by atoms with E-state index in [9.17, 15) is 9.90 Å². The minimum Gasteiger partial charge on any atom is -0.482 e. The van der Waals surface area contributed by atoms with Gasteiger partial charge in [-0.2, -0.15) is 5.10 Å². The molecule has 6 nitrogen and oxygen atoms in total. The molecule has 0 radical (unpaired) electrons. The zero-order valence-electron chi connectivity index (χ0n) is 13.4. The summed E-state index contributed by atoms with van der Waals surface area (Å²) in [7, 11) is 1.83. The standard InChI is InChI=1S/C17H20ClN3O3/c1-21-9-12(8-19-21)17(11-6-13(22)7-11)20-16(23)10-24-15-5-3-2-4-14(15)18/h2-5,8-9,11,13,17,22H,6-7,10H2,1H3,(H,20,23)/t11?,13?,17-/m0/s1. The lowest BCUT2D eigenvalue weighted by Crippen LogP contribution is -2.42. The highest BCUT2D eigenvalue weighted by Crippen LogP contribution is 2.37. The topological polar surface area (TPSA) is 76.4 Å². The zero-order chi connectivity index (χ0) is 17.1. The van der Waals surface area contributed by atoms with Gasteiger partial charge >= 0.3 is 0 Å². The lowest BCUT2D eigenvalue weighted by molar-refractivity contribution is -0.125. The van der Waals surface area contributed by atoms with E-state index in [0.29, 0.717) is 23.6 Å². The zero-order valence-corrected chi connectivity index (χ0v) is 14.1. The van der Waals surface area contributed by atoms with Crippen LogP contribution in [0.15, 0.2) is 36.7 Å². The van der Waals surface area contributed by atoms with Gasteiger partial charge < -0.3 is 15.2 Å². The van der Waals surface area contributed by atoms with Crippen molar-refractivity contribution in [2.24, 2.45) is 13.0 Å². The molecule has 0 bridgehead atoms. The SMILES string of the molecule is Cn1cc([C@@H](NC(=O)COc2ccccc2Cl)C2CC(O)C2)cn1. The van der Waals surface area contributed by atoms with Crippen LogP contribution in [0.25, 0.3) is 0 Å². The first kappa shape index (κ1) is 16.8. The van der Waals surface area contributed by atoms with E-state index in [1.807, 2.05) is 13.2 Å². The average Bonchev–Trinajstić information content (AvgIpc) is 2.95. The van der Waals surface area contributed by atoms with Crippen LogP contribution in [-0.2, 0) is 11.8 Å². The number of carbonyl (C=O) groups excluding carboxylic acids is 1. The van der Waals surface area contributed by atoms with Gasteiger partial charge in [-0.3, -0.25) is 9.48 Å². The second kappa shape index (κ2) is 7.23. The summed E-state index contributed by atoms with van der Waals surface area (Å²) < 4.78 is 7.18. The van der Waals surface area contributed by atoms with Crippen LogP contribution in [0.5, 0.6) is 5.75 Å². The largest absolute Gasteiger partial charge is 0.482 e. The number of aliphatic hydroxyl groups is 1. The maximum Gasteiger partial charge on any atom is 0.258 e. The van der Waals surface area contributed by atoms with E-state index in [4.69, 9.17) is 16.3 Å². The van der Waals surface area contributed by atoms with Crippen molar-refractivity contribution < 1.29 is 14.6 Å². The van der Waals surface area contributed by atoms with Crippen molar-refractivity contribution in [3.05, 3.63) is 47.2 Å². The molecular weight excluding hydrogens is 330 g/mol. The molecule has 0 unspecified atom stereocenters. The van der Waals surface area contributed by atoms with Gasteiger partial charge in [-0.1, -0.05) is 23.7 Å². The second-order valence-electron chi connectivity index (χ2n) is 6.10. The fraction of sp³-hybridized carbons (Fsp3) is 0.412. The maximum absolute atomic E-state index is 12.3. The molecule has 1 aromatic heterocycles. The number of halogens is 1. The third-order valence-corrected chi connectivity index (χ3v) is 4.53. The molecule has 1 amide bonds. The van der Waals surface area contributed by atoms with E-state index >= 15 is 0 Å². The number of amides is 1. The van der Waals surface area contributed by atoms with Gasteiger partial charge in [-0.05, 0) is 30.9 Å². The Balaban J connectivity index is 1.62. The Hall–Kier alpha value is -2.05. The van der Waals surface area contributed by atoms with Crippen LogP contribution in [-0.4, -0.2) is 33.5 Å². The number of aryl methyl sites for hydroxylation is 1. The van der Waals surface area contributed by atoms with Crippen LogP contribution < -0.4 is 10.1 Å². The van der Waals surface area contributed by atoms with Gasteiger partial charge in [0, 0.05) is 18.8 Å². The monoisotopic (exact) mass is 349 g/mol. The molecule has 1 aliphatic carbocycles. The summed E-state index contributed by atoms with van der Waals surface area (Å²) in [5, 5.41) is 17.2. The maximum atomic E-state index is 12.3. The molecule has 24 heavy (non-hydrogen) atoms. The first-order valence-electron chi connectivity index (χ1n) is 7.86. The number of hydrogen-bond donors (Lipinski definition) is 2. The highest BCUT2D eigenvalue weighted by atomic mass is 35.5. The third kappa shape index (κ3) is 3.88.